The van der Waals surface area contributed by atoms with Crippen LogP contribution in [0.15, 0.2) is 18.2 Å². The first-order valence-corrected chi connectivity index (χ1v) is 6.64. The van der Waals surface area contributed by atoms with Crippen molar-refractivity contribution in [1.82, 2.24) is 4.90 Å². The van der Waals surface area contributed by atoms with Gasteiger partial charge in [0.15, 0.2) is 0 Å². The fraction of sp³-hybridized carbons (Fsp3) is 0.533. The van der Waals surface area contributed by atoms with Crippen LogP contribution in [0.25, 0.3) is 0 Å². The van der Waals surface area contributed by atoms with E-state index in [1.54, 1.807) is 11.8 Å². The number of nitrogens with zero attached hydrogens (tertiary/aromatic N) is 1. The third-order valence-corrected chi connectivity index (χ3v) is 3.00. The van der Waals surface area contributed by atoms with Crippen LogP contribution >= 0.6 is 0 Å². The Morgan fingerprint density at radius 2 is 2.06 bits per heavy atom. The van der Waals surface area contributed by atoms with Gasteiger partial charge in [-0.1, -0.05) is 38.5 Å². The quantitative estimate of drug-likeness (QED) is 0.801. The summed E-state index contributed by atoms with van der Waals surface area (Å²) >= 11 is 0. The van der Waals surface area contributed by atoms with Gasteiger partial charge in [0.25, 0.3) is 5.91 Å². The van der Waals surface area contributed by atoms with Crippen molar-refractivity contribution < 1.29 is 9.18 Å². The molecule has 1 heterocycles. The first-order valence-electron chi connectivity index (χ1n) is 6.64. The highest BCUT2D eigenvalue weighted by Gasteiger charge is 2.28. The second-order valence-corrected chi connectivity index (χ2v) is 4.35. The summed E-state index contributed by atoms with van der Waals surface area (Å²) in [6, 6.07) is 5.77. The zero-order chi connectivity index (χ0) is 13.7. The summed E-state index contributed by atoms with van der Waals surface area (Å²) in [5.41, 5.74) is 2.89. The van der Waals surface area contributed by atoms with Crippen LogP contribution in [0.2, 0.25) is 0 Å². The molecule has 0 aromatic heterocycles. The van der Waals surface area contributed by atoms with Crippen molar-refractivity contribution in [2.45, 2.75) is 46.8 Å². The Hall–Kier alpha value is -1.38. The highest BCUT2D eigenvalue weighted by molar-refractivity contribution is 5.98. The maximum atomic E-state index is 13.3. The summed E-state index contributed by atoms with van der Waals surface area (Å²) < 4.78 is 13.3. The first-order chi connectivity index (χ1) is 8.61. The molecule has 1 aromatic rings. The number of halogens is 1. The normalized spacial score (nSPS) is 14.9. The van der Waals surface area contributed by atoms with Gasteiger partial charge in [-0.15, -0.1) is 0 Å². The van der Waals surface area contributed by atoms with Crippen molar-refractivity contribution in [3.05, 3.63) is 34.9 Å². The molecule has 1 unspecified atom stereocenters. The Morgan fingerprint density at radius 1 is 1.39 bits per heavy atom. The van der Waals surface area contributed by atoms with E-state index in [1.165, 1.54) is 0 Å². The summed E-state index contributed by atoms with van der Waals surface area (Å²) in [6.45, 7) is 8.55. The third-order valence-electron chi connectivity index (χ3n) is 3.00. The van der Waals surface area contributed by atoms with Gasteiger partial charge in [-0.05, 0) is 25.0 Å². The van der Waals surface area contributed by atoms with Crippen molar-refractivity contribution in [1.29, 1.82) is 0 Å². The number of hydrogen-bond acceptors (Lipinski definition) is 1. The van der Waals surface area contributed by atoms with Gasteiger partial charge in [0, 0.05) is 12.1 Å². The molecule has 1 atom stereocenters. The summed E-state index contributed by atoms with van der Waals surface area (Å²) in [5, 5.41) is 0. The molecule has 0 bridgehead atoms. The molecule has 18 heavy (non-hydrogen) atoms. The highest BCUT2D eigenvalue weighted by atomic mass is 19.1. The van der Waals surface area contributed by atoms with E-state index in [1.807, 2.05) is 39.0 Å². The van der Waals surface area contributed by atoms with Crippen molar-refractivity contribution >= 4 is 5.91 Å². The standard InChI is InChI=1S/C13H16FNO.C2H6/c1-3-11(14)8-15-7-10-6-9(2)4-5-12(10)13(15)16;1-2/h4-6,11H,3,7-8H2,1-2H3;1-2H3. The molecule has 3 heteroatoms. The number of carbonyl (C=O) groups excluding carboxylic acids is 1. The van der Waals surface area contributed by atoms with Crippen LogP contribution < -0.4 is 0 Å². The van der Waals surface area contributed by atoms with Gasteiger partial charge < -0.3 is 4.90 Å². The van der Waals surface area contributed by atoms with Crippen LogP contribution in [0.4, 0.5) is 4.39 Å². The molecule has 0 radical (unpaired) electrons. The molecule has 0 fully saturated rings. The van der Waals surface area contributed by atoms with Crippen LogP contribution in [0.1, 0.15) is 48.7 Å². The van der Waals surface area contributed by atoms with Crippen LogP contribution in [0, 0.1) is 6.92 Å². The number of fused-ring (bicyclic) bond motifs is 1. The van der Waals surface area contributed by atoms with E-state index in [2.05, 4.69) is 0 Å². The van der Waals surface area contributed by atoms with E-state index in [-0.39, 0.29) is 12.5 Å². The Bertz CT molecular complexity index is 417. The number of amides is 1. The molecule has 0 aliphatic carbocycles. The van der Waals surface area contributed by atoms with Gasteiger partial charge in [-0.25, -0.2) is 4.39 Å². The van der Waals surface area contributed by atoms with Crippen LogP contribution in [0.3, 0.4) is 0 Å². The maximum Gasteiger partial charge on any atom is 0.254 e. The predicted molar refractivity (Wildman–Crippen MR) is 72.5 cm³/mol. The molecule has 1 amide bonds. The summed E-state index contributed by atoms with van der Waals surface area (Å²) in [4.78, 5) is 13.5. The lowest BCUT2D eigenvalue weighted by molar-refractivity contribution is 0.0730. The minimum atomic E-state index is -0.917. The molecule has 2 nitrogen and oxygen atoms in total. The largest absolute Gasteiger partial charge is 0.331 e. The number of rotatable bonds is 3. The van der Waals surface area contributed by atoms with Gasteiger partial charge in [0.1, 0.15) is 6.17 Å². The van der Waals surface area contributed by atoms with Gasteiger partial charge in [-0.2, -0.15) is 0 Å². The predicted octanol–water partition coefficient (Wildman–Crippen LogP) is 3.73. The highest BCUT2D eigenvalue weighted by Crippen LogP contribution is 2.24. The topological polar surface area (TPSA) is 20.3 Å². The average Bonchev–Trinajstić information content (AvgIpc) is 2.68. The van der Waals surface area contributed by atoms with Gasteiger partial charge in [-0.3, -0.25) is 4.79 Å². The van der Waals surface area contributed by atoms with Gasteiger partial charge >= 0.3 is 0 Å². The summed E-state index contributed by atoms with van der Waals surface area (Å²) in [5.74, 6) is -0.0360. The van der Waals surface area contributed by atoms with Crippen LogP contribution in [-0.4, -0.2) is 23.5 Å². The minimum Gasteiger partial charge on any atom is -0.331 e. The lowest BCUT2D eigenvalue weighted by atomic mass is 10.1. The molecule has 0 saturated heterocycles. The Morgan fingerprint density at radius 3 is 2.67 bits per heavy atom. The number of carbonyl (C=O) groups is 1. The Labute approximate surface area is 109 Å². The van der Waals surface area contributed by atoms with E-state index in [0.29, 0.717) is 13.0 Å². The SMILES string of the molecule is CC.CCC(F)CN1Cc2cc(C)ccc2C1=O. The number of benzene rings is 1. The third kappa shape index (κ3) is 3.09. The second-order valence-electron chi connectivity index (χ2n) is 4.35. The van der Waals surface area contributed by atoms with Gasteiger partial charge in [0.2, 0.25) is 0 Å². The van der Waals surface area contributed by atoms with Crippen LogP contribution in [-0.2, 0) is 6.54 Å². The van der Waals surface area contributed by atoms with Crippen molar-refractivity contribution in [3.8, 4) is 0 Å². The molecule has 1 aromatic carbocycles. The number of aryl methyl sites for hydroxylation is 1. The molecule has 1 aliphatic heterocycles. The fourth-order valence-electron chi connectivity index (χ4n) is 2.03. The molecule has 100 valence electrons. The molecule has 1 aliphatic rings. The fourth-order valence-corrected chi connectivity index (χ4v) is 2.03. The first kappa shape index (κ1) is 14.7. The van der Waals surface area contributed by atoms with E-state index in [0.717, 1.165) is 16.7 Å². The lowest BCUT2D eigenvalue weighted by Gasteiger charge is -2.17. The molecule has 0 saturated carbocycles. The van der Waals surface area contributed by atoms with E-state index in [4.69, 9.17) is 0 Å². The molecular weight excluding hydrogens is 229 g/mol. The number of alkyl halides is 1. The zero-order valence-electron chi connectivity index (χ0n) is 11.7. The number of hydrogen-bond donors (Lipinski definition) is 0. The minimum absolute atomic E-state index is 0.0360. The molecule has 0 spiro atoms. The van der Waals surface area contributed by atoms with Crippen LogP contribution in [0.5, 0.6) is 0 Å². The zero-order valence-corrected chi connectivity index (χ0v) is 11.7. The van der Waals surface area contributed by atoms with Crippen molar-refractivity contribution in [2.75, 3.05) is 6.54 Å². The summed E-state index contributed by atoms with van der Waals surface area (Å²) in [7, 11) is 0. The van der Waals surface area contributed by atoms with E-state index < -0.39 is 6.17 Å². The van der Waals surface area contributed by atoms with Crippen molar-refractivity contribution in [2.24, 2.45) is 0 Å². The second kappa shape index (κ2) is 6.53. The molecule has 2 rings (SSSR count). The molecular formula is C15H22FNO. The summed E-state index contributed by atoms with van der Waals surface area (Å²) in [6.07, 6.45) is -0.460. The van der Waals surface area contributed by atoms with E-state index in [9.17, 15) is 9.18 Å². The Kier molecular flexibility index (Phi) is 5.32. The lowest BCUT2D eigenvalue weighted by Crippen LogP contribution is -2.30. The smallest absolute Gasteiger partial charge is 0.254 e. The van der Waals surface area contributed by atoms with Crippen molar-refractivity contribution in [3.63, 3.8) is 0 Å². The van der Waals surface area contributed by atoms with Gasteiger partial charge in [0.05, 0.1) is 6.54 Å². The Balaban J connectivity index is 0.000000771. The molecule has 0 N–H and O–H groups in total. The maximum absolute atomic E-state index is 13.3. The van der Waals surface area contributed by atoms with E-state index >= 15 is 0 Å². The average molecular weight is 251 g/mol. The monoisotopic (exact) mass is 251 g/mol.